The lowest BCUT2D eigenvalue weighted by molar-refractivity contribution is 0.316. The zero-order valence-electron chi connectivity index (χ0n) is 8.27. The smallest absolute Gasteiger partial charge is 0.285 e. The van der Waals surface area contributed by atoms with Crippen LogP contribution in [-0.2, 0) is 6.54 Å². The molecule has 82 valence electrons. The molecule has 7 heteroatoms. The topological polar surface area (TPSA) is 76.7 Å². The summed E-state index contributed by atoms with van der Waals surface area (Å²) in [4.78, 5) is 11.6. The number of oxime groups is 1. The summed E-state index contributed by atoms with van der Waals surface area (Å²) < 4.78 is 6.38. The Balaban J connectivity index is 3.13. The third-order valence-electron chi connectivity index (χ3n) is 1.72. The van der Waals surface area contributed by atoms with Gasteiger partial charge in [-0.2, -0.15) is 5.10 Å². The number of nitrogens with zero attached hydrogens (tertiary/aromatic N) is 3. The molecule has 0 amide bonds. The Labute approximate surface area is 94.3 Å². The second kappa shape index (κ2) is 4.92. The summed E-state index contributed by atoms with van der Waals surface area (Å²) in [5.74, 6) is 0.370. The van der Waals surface area contributed by atoms with Crippen molar-refractivity contribution in [1.82, 2.24) is 9.78 Å². The van der Waals surface area contributed by atoms with Crippen LogP contribution in [0.4, 0.5) is 0 Å². The molecule has 0 unspecified atom stereocenters. The Bertz CT molecular complexity index is 441. The standard InChI is InChI=1S/C8H10BrN3O3/c1-5(11-14)4-12-8(13)7(9)6(15-2)3-10-12/h3,14H,4H2,1-2H3/b11-5-. The zero-order chi connectivity index (χ0) is 11.4. The molecule has 0 bridgehead atoms. The maximum atomic E-state index is 11.6. The average molecular weight is 276 g/mol. The van der Waals surface area contributed by atoms with Crippen LogP contribution in [-0.4, -0.2) is 27.8 Å². The molecule has 1 aromatic rings. The molecule has 0 aliphatic heterocycles. The number of hydrogen-bond acceptors (Lipinski definition) is 5. The maximum absolute atomic E-state index is 11.6. The first-order valence-corrected chi connectivity index (χ1v) is 4.86. The van der Waals surface area contributed by atoms with E-state index in [1.165, 1.54) is 18.0 Å². The minimum Gasteiger partial charge on any atom is -0.494 e. The Kier molecular flexibility index (Phi) is 3.84. The molecule has 0 saturated carbocycles. The monoisotopic (exact) mass is 275 g/mol. The molecule has 0 aromatic carbocycles. The average Bonchev–Trinajstić information content (AvgIpc) is 2.25. The lowest BCUT2D eigenvalue weighted by Gasteiger charge is -2.06. The highest BCUT2D eigenvalue weighted by Crippen LogP contribution is 2.17. The van der Waals surface area contributed by atoms with Crippen molar-refractivity contribution in [3.63, 3.8) is 0 Å². The quantitative estimate of drug-likeness (QED) is 0.504. The molecule has 0 spiro atoms. The number of halogens is 1. The normalized spacial score (nSPS) is 11.5. The van der Waals surface area contributed by atoms with Crippen molar-refractivity contribution >= 4 is 21.6 Å². The second-order valence-electron chi connectivity index (χ2n) is 2.83. The van der Waals surface area contributed by atoms with Crippen LogP contribution in [0.3, 0.4) is 0 Å². The van der Waals surface area contributed by atoms with Crippen LogP contribution < -0.4 is 10.3 Å². The molecular weight excluding hydrogens is 266 g/mol. The number of hydrogen-bond donors (Lipinski definition) is 1. The maximum Gasteiger partial charge on any atom is 0.285 e. The highest BCUT2D eigenvalue weighted by atomic mass is 79.9. The third kappa shape index (κ3) is 2.56. The van der Waals surface area contributed by atoms with Crippen LogP contribution in [0.25, 0.3) is 0 Å². The van der Waals surface area contributed by atoms with Crippen molar-refractivity contribution in [2.45, 2.75) is 13.5 Å². The first-order valence-electron chi connectivity index (χ1n) is 4.07. The molecule has 0 fully saturated rings. The highest BCUT2D eigenvalue weighted by molar-refractivity contribution is 9.10. The first kappa shape index (κ1) is 11.7. The van der Waals surface area contributed by atoms with E-state index in [-0.39, 0.29) is 12.1 Å². The van der Waals surface area contributed by atoms with Gasteiger partial charge in [0.2, 0.25) is 0 Å². The summed E-state index contributed by atoms with van der Waals surface area (Å²) in [6.45, 7) is 1.73. The molecule has 1 rings (SSSR count). The van der Waals surface area contributed by atoms with Crippen molar-refractivity contribution in [1.29, 1.82) is 0 Å². The van der Waals surface area contributed by atoms with Gasteiger partial charge in [-0.15, -0.1) is 0 Å². The first-order chi connectivity index (χ1) is 7.10. The zero-order valence-corrected chi connectivity index (χ0v) is 9.85. The predicted octanol–water partition coefficient (Wildman–Crippen LogP) is 0.865. The Morgan fingerprint density at radius 2 is 2.47 bits per heavy atom. The van der Waals surface area contributed by atoms with E-state index in [0.29, 0.717) is 15.9 Å². The van der Waals surface area contributed by atoms with Crippen LogP contribution in [0.2, 0.25) is 0 Å². The number of ether oxygens (including phenoxy) is 1. The molecular formula is C8H10BrN3O3. The Morgan fingerprint density at radius 3 is 3.00 bits per heavy atom. The summed E-state index contributed by atoms with van der Waals surface area (Å²) in [5.41, 5.74) is 0.0546. The van der Waals surface area contributed by atoms with E-state index in [1.807, 2.05) is 0 Å². The van der Waals surface area contributed by atoms with Crippen molar-refractivity contribution in [3.05, 3.63) is 21.0 Å². The summed E-state index contributed by atoms with van der Waals surface area (Å²) in [6, 6.07) is 0. The molecule has 0 atom stereocenters. The number of aromatic nitrogens is 2. The molecule has 6 nitrogen and oxygen atoms in total. The number of rotatable bonds is 3. The molecule has 0 aliphatic carbocycles. The van der Waals surface area contributed by atoms with Gasteiger partial charge in [-0.3, -0.25) is 4.79 Å². The Hall–Kier alpha value is -1.37. The largest absolute Gasteiger partial charge is 0.494 e. The fourth-order valence-corrected chi connectivity index (χ4v) is 1.42. The van der Waals surface area contributed by atoms with Crippen molar-refractivity contribution in [3.8, 4) is 5.75 Å². The molecule has 1 N–H and O–H groups in total. The van der Waals surface area contributed by atoms with Gasteiger partial charge in [-0.1, -0.05) is 5.16 Å². The van der Waals surface area contributed by atoms with Crippen LogP contribution >= 0.6 is 15.9 Å². The van der Waals surface area contributed by atoms with Gasteiger partial charge in [0.15, 0.2) is 5.75 Å². The molecule has 1 heterocycles. The number of methoxy groups -OCH3 is 1. The minimum atomic E-state index is -0.336. The van der Waals surface area contributed by atoms with E-state index in [0.717, 1.165) is 0 Å². The lowest BCUT2D eigenvalue weighted by Crippen LogP contribution is -2.26. The van der Waals surface area contributed by atoms with E-state index in [4.69, 9.17) is 9.94 Å². The van der Waals surface area contributed by atoms with Crippen molar-refractivity contribution < 1.29 is 9.94 Å². The summed E-state index contributed by atoms with van der Waals surface area (Å²) in [5, 5.41) is 15.3. The molecule has 1 aromatic heterocycles. The van der Waals surface area contributed by atoms with E-state index in [2.05, 4.69) is 26.2 Å². The van der Waals surface area contributed by atoms with E-state index < -0.39 is 0 Å². The summed E-state index contributed by atoms with van der Waals surface area (Å²) in [7, 11) is 1.45. The van der Waals surface area contributed by atoms with Crippen LogP contribution in [0.5, 0.6) is 5.75 Å². The van der Waals surface area contributed by atoms with Gasteiger partial charge in [0.1, 0.15) is 4.47 Å². The van der Waals surface area contributed by atoms with Crippen LogP contribution in [0, 0.1) is 0 Å². The van der Waals surface area contributed by atoms with E-state index in [1.54, 1.807) is 6.92 Å². The van der Waals surface area contributed by atoms with Crippen LogP contribution in [0.1, 0.15) is 6.92 Å². The fraction of sp³-hybridized carbons (Fsp3) is 0.375. The SMILES string of the molecule is COc1cnn(C/C(C)=N\O)c(=O)c1Br. The summed E-state index contributed by atoms with van der Waals surface area (Å²) >= 11 is 3.10. The minimum absolute atomic E-state index is 0.137. The van der Waals surface area contributed by atoms with Crippen molar-refractivity contribution in [2.75, 3.05) is 7.11 Å². The van der Waals surface area contributed by atoms with Gasteiger partial charge in [-0.25, -0.2) is 4.68 Å². The van der Waals surface area contributed by atoms with Crippen LogP contribution in [0.15, 0.2) is 20.6 Å². The molecule has 15 heavy (non-hydrogen) atoms. The van der Waals surface area contributed by atoms with E-state index >= 15 is 0 Å². The van der Waals surface area contributed by atoms with Gasteiger partial charge in [0.05, 0.1) is 25.6 Å². The van der Waals surface area contributed by atoms with E-state index in [9.17, 15) is 4.79 Å². The molecule has 0 radical (unpaired) electrons. The van der Waals surface area contributed by atoms with Gasteiger partial charge >= 0.3 is 0 Å². The highest BCUT2D eigenvalue weighted by Gasteiger charge is 2.09. The fourth-order valence-electron chi connectivity index (χ4n) is 0.953. The van der Waals surface area contributed by atoms with Gasteiger partial charge in [0.25, 0.3) is 5.56 Å². The second-order valence-corrected chi connectivity index (χ2v) is 3.62. The third-order valence-corrected chi connectivity index (χ3v) is 2.45. The lowest BCUT2D eigenvalue weighted by atomic mass is 10.4. The van der Waals surface area contributed by atoms with Crippen molar-refractivity contribution in [2.24, 2.45) is 5.16 Å². The predicted molar refractivity (Wildman–Crippen MR) is 57.6 cm³/mol. The van der Waals surface area contributed by atoms with Gasteiger partial charge < -0.3 is 9.94 Å². The molecule has 0 saturated heterocycles. The Morgan fingerprint density at radius 1 is 1.80 bits per heavy atom. The molecule has 0 aliphatic rings. The summed E-state index contributed by atoms with van der Waals surface area (Å²) in [6.07, 6.45) is 1.41. The van der Waals surface area contributed by atoms with Gasteiger partial charge in [0, 0.05) is 0 Å². The van der Waals surface area contributed by atoms with Gasteiger partial charge in [-0.05, 0) is 22.9 Å².